The zero-order chi connectivity index (χ0) is 18.6. The second-order valence-electron chi connectivity index (χ2n) is 6.38. The first kappa shape index (κ1) is 17.2. The topological polar surface area (TPSA) is 75.6 Å². The number of fused-ring (bicyclic) bond motifs is 1. The maximum Gasteiger partial charge on any atom is 0.325 e. The maximum absolute atomic E-state index is 12.1. The molecule has 6 heteroatoms. The summed E-state index contributed by atoms with van der Waals surface area (Å²) in [6.07, 6.45) is 5.03. The fraction of sp³-hybridized carbons (Fsp3) is 0.190. The van der Waals surface area contributed by atoms with E-state index in [9.17, 15) is 9.90 Å². The lowest BCUT2D eigenvalue weighted by Crippen LogP contribution is -2.34. The van der Waals surface area contributed by atoms with Gasteiger partial charge in [0.05, 0.1) is 0 Å². The Morgan fingerprint density at radius 2 is 1.85 bits per heavy atom. The number of carboxylic acid groups (broad SMARTS) is 1. The molecule has 0 aliphatic carbocycles. The molecule has 0 fully saturated rings. The lowest BCUT2D eigenvalue weighted by Gasteiger charge is -2.27. The van der Waals surface area contributed by atoms with Crippen molar-refractivity contribution in [1.82, 2.24) is 14.9 Å². The minimum absolute atomic E-state index is 0.442. The third-order valence-electron chi connectivity index (χ3n) is 4.71. The van der Waals surface area contributed by atoms with E-state index >= 15 is 0 Å². The third kappa shape index (κ3) is 3.52. The molecule has 1 N–H and O–H groups in total. The molecule has 3 aromatic rings. The summed E-state index contributed by atoms with van der Waals surface area (Å²) in [7, 11) is 0. The summed E-state index contributed by atoms with van der Waals surface area (Å²) in [5.41, 5.74) is 3.62. The fourth-order valence-electron chi connectivity index (χ4n) is 3.49. The summed E-state index contributed by atoms with van der Waals surface area (Å²) in [5, 5.41) is 9.93. The van der Waals surface area contributed by atoms with Gasteiger partial charge in [0.1, 0.15) is 24.7 Å². The molecule has 0 radical (unpaired) electrons. The van der Waals surface area contributed by atoms with Crippen molar-refractivity contribution in [2.45, 2.75) is 12.6 Å². The molecule has 2 aromatic carbocycles. The van der Waals surface area contributed by atoms with Crippen molar-refractivity contribution in [2.24, 2.45) is 0 Å². The van der Waals surface area contributed by atoms with Crippen molar-refractivity contribution in [3.05, 3.63) is 78.4 Å². The Hall–Kier alpha value is -3.25. The van der Waals surface area contributed by atoms with Gasteiger partial charge in [-0.2, -0.15) is 0 Å². The van der Waals surface area contributed by atoms with E-state index in [1.165, 1.54) is 6.33 Å². The molecule has 6 nitrogen and oxygen atoms in total. The monoisotopic (exact) mass is 361 g/mol. The van der Waals surface area contributed by atoms with Crippen LogP contribution in [0.4, 0.5) is 0 Å². The molecule has 1 atom stereocenters. The molecule has 4 rings (SSSR count). The summed E-state index contributed by atoms with van der Waals surface area (Å²) < 4.78 is 5.79. The van der Waals surface area contributed by atoms with Crippen molar-refractivity contribution in [3.63, 3.8) is 0 Å². The van der Waals surface area contributed by atoms with E-state index in [0.717, 1.165) is 16.7 Å². The van der Waals surface area contributed by atoms with Crippen LogP contribution in [0.15, 0.2) is 67.3 Å². The Morgan fingerprint density at radius 3 is 2.67 bits per heavy atom. The van der Waals surface area contributed by atoms with Gasteiger partial charge in [0.25, 0.3) is 0 Å². The molecule has 0 saturated heterocycles. The largest absolute Gasteiger partial charge is 0.492 e. The van der Waals surface area contributed by atoms with E-state index in [2.05, 4.69) is 9.97 Å². The number of hydrogen-bond donors (Lipinski definition) is 1. The minimum atomic E-state index is -0.881. The molecule has 27 heavy (non-hydrogen) atoms. The number of carboxylic acids is 1. The molecular weight excluding hydrogens is 342 g/mol. The highest BCUT2D eigenvalue weighted by Crippen LogP contribution is 2.34. The van der Waals surface area contributed by atoms with Crippen molar-refractivity contribution in [2.75, 3.05) is 13.2 Å². The quantitative estimate of drug-likeness (QED) is 0.769. The highest BCUT2D eigenvalue weighted by atomic mass is 16.5. The van der Waals surface area contributed by atoms with Gasteiger partial charge in [0.2, 0.25) is 0 Å². The summed E-state index contributed by atoms with van der Waals surface area (Å²) in [5.74, 6) is -0.245. The molecule has 1 aliphatic heterocycles. The first-order valence-electron chi connectivity index (χ1n) is 8.76. The van der Waals surface area contributed by atoms with Gasteiger partial charge in [-0.3, -0.25) is 9.69 Å². The fourth-order valence-corrected chi connectivity index (χ4v) is 3.49. The van der Waals surface area contributed by atoms with Gasteiger partial charge in [-0.25, -0.2) is 9.97 Å². The smallest absolute Gasteiger partial charge is 0.325 e. The molecule has 1 unspecified atom stereocenters. The first-order valence-corrected chi connectivity index (χ1v) is 8.76. The number of ether oxygens (including phenoxy) is 1. The van der Waals surface area contributed by atoms with Crippen LogP contribution in [0.5, 0.6) is 5.75 Å². The van der Waals surface area contributed by atoms with Gasteiger partial charge >= 0.3 is 5.97 Å². The molecule has 0 saturated carbocycles. The molecular formula is C21H19N3O3. The van der Waals surface area contributed by atoms with E-state index < -0.39 is 12.0 Å². The highest BCUT2D eigenvalue weighted by molar-refractivity contribution is 5.77. The molecule has 1 aliphatic rings. The van der Waals surface area contributed by atoms with Crippen LogP contribution in [0.2, 0.25) is 0 Å². The summed E-state index contributed by atoms with van der Waals surface area (Å²) in [4.78, 5) is 22.2. The molecule has 1 aromatic heterocycles. The van der Waals surface area contributed by atoms with Gasteiger partial charge in [0.15, 0.2) is 0 Å². The lowest BCUT2D eigenvalue weighted by atomic mass is 9.99. The van der Waals surface area contributed by atoms with E-state index in [4.69, 9.17) is 4.74 Å². The number of rotatable bonds is 4. The first-order chi connectivity index (χ1) is 13.2. The Morgan fingerprint density at radius 1 is 1.11 bits per heavy atom. The average Bonchev–Trinajstić information content (AvgIpc) is 2.88. The second kappa shape index (κ2) is 7.55. The summed E-state index contributed by atoms with van der Waals surface area (Å²) >= 11 is 0. The summed E-state index contributed by atoms with van der Waals surface area (Å²) in [6, 6.07) is 14.5. The average molecular weight is 361 g/mol. The van der Waals surface area contributed by atoms with Crippen LogP contribution in [-0.4, -0.2) is 39.1 Å². The summed E-state index contributed by atoms with van der Waals surface area (Å²) in [6.45, 7) is 1.45. The second-order valence-corrected chi connectivity index (χ2v) is 6.38. The Kier molecular flexibility index (Phi) is 4.80. The highest BCUT2D eigenvalue weighted by Gasteiger charge is 2.32. The van der Waals surface area contributed by atoms with E-state index in [-0.39, 0.29) is 0 Å². The van der Waals surface area contributed by atoms with Gasteiger partial charge in [0, 0.05) is 36.6 Å². The number of carbonyl (C=O) groups is 1. The van der Waals surface area contributed by atoms with Gasteiger partial charge in [-0.05, 0) is 17.2 Å². The minimum Gasteiger partial charge on any atom is -0.492 e. The van der Waals surface area contributed by atoms with Gasteiger partial charge in [-0.15, -0.1) is 0 Å². The van der Waals surface area contributed by atoms with E-state index in [1.807, 2.05) is 53.4 Å². The number of para-hydroxylation sites is 1. The molecule has 0 amide bonds. The normalized spacial score (nSPS) is 16.8. The Balaban J connectivity index is 1.71. The third-order valence-corrected chi connectivity index (χ3v) is 4.71. The number of benzene rings is 2. The zero-order valence-electron chi connectivity index (χ0n) is 14.7. The van der Waals surface area contributed by atoms with Crippen molar-refractivity contribution in [3.8, 4) is 16.9 Å². The van der Waals surface area contributed by atoms with Crippen LogP contribution >= 0.6 is 0 Å². The SMILES string of the molecule is O=C(O)C1c2ccccc2OCCN1Cc1ccccc1-c1cncnc1. The van der Waals surface area contributed by atoms with Crippen LogP contribution in [0.25, 0.3) is 11.1 Å². The van der Waals surface area contributed by atoms with Crippen LogP contribution in [-0.2, 0) is 11.3 Å². The number of aliphatic carboxylic acids is 1. The van der Waals surface area contributed by atoms with Crippen molar-refractivity contribution < 1.29 is 14.6 Å². The molecule has 0 spiro atoms. The maximum atomic E-state index is 12.1. The van der Waals surface area contributed by atoms with Crippen LogP contribution in [0.3, 0.4) is 0 Å². The lowest BCUT2D eigenvalue weighted by molar-refractivity contribution is -0.143. The van der Waals surface area contributed by atoms with Crippen LogP contribution < -0.4 is 4.74 Å². The van der Waals surface area contributed by atoms with Crippen LogP contribution in [0.1, 0.15) is 17.2 Å². The van der Waals surface area contributed by atoms with Gasteiger partial charge in [-0.1, -0.05) is 42.5 Å². The molecule has 0 bridgehead atoms. The number of aromatic nitrogens is 2. The van der Waals surface area contributed by atoms with Crippen molar-refractivity contribution in [1.29, 1.82) is 0 Å². The van der Waals surface area contributed by atoms with Crippen molar-refractivity contribution >= 4 is 5.97 Å². The Labute approximate surface area is 157 Å². The van der Waals surface area contributed by atoms with Crippen LogP contribution in [0, 0.1) is 0 Å². The number of hydrogen-bond acceptors (Lipinski definition) is 5. The predicted molar refractivity (Wildman–Crippen MR) is 100 cm³/mol. The predicted octanol–water partition coefficient (Wildman–Crippen LogP) is 3.16. The molecule has 136 valence electrons. The molecule has 2 heterocycles. The van der Waals surface area contributed by atoms with E-state index in [0.29, 0.717) is 31.0 Å². The van der Waals surface area contributed by atoms with E-state index in [1.54, 1.807) is 12.4 Å². The van der Waals surface area contributed by atoms with Gasteiger partial charge < -0.3 is 9.84 Å². The Bertz CT molecular complexity index is 946. The number of nitrogens with zero attached hydrogens (tertiary/aromatic N) is 3. The standard InChI is InChI=1S/C21H19N3O3/c25-21(26)20-18-7-3-4-8-19(18)27-10-9-24(20)13-15-5-1-2-6-17(15)16-11-22-14-23-12-16/h1-8,11-12,14,20H,9-10,13H2,(H,25,26). The zero-order valence-corrected chi connectivity index (χ0v) is 14.7.